The molecule has 0 radical (unpaired) electrons. The fourth-order valence-corrected chi connectivity index (χ4v) is 7.82. The second-order valence-electron chi connectivity index (χ2n) is 12.7. The van der Waals surface area contributed by atoms with Gasteiger partial charge in [-0.05, 0) is 84.2 Å². The maximum Gasteiger partial charge on any atom is 0.306 e. The van der Waals surface area contributed by atoms with Crippen LogP contribution in [0.3, 0.4) is 0 Å². The Morgan fingerprint density at radius 1 is 0.878 bits per heavy atom. The number of esters is 1. The van der Waals surface area contributed by atoms with E-state index in [9.17, 15) is 4.79 Å². The molecule has 224 valence electrons. The van der Waals surface area contributed by atoms with Crippen LogP contribution in [0, 0.1) is 29.1 Å². The van der Waals surface area contributed by atoms with Gasteiger partial charge in [-0.2, -0.15) is 0 Å². The summed E-state index contributed by atoms with van der Waals surface area (Å²) in [4.78, 5) is 13.3. The van der Waals surface area contributed by atoms with E-state index in [1.165, 1.54) is 25.7 Å². The van der Waals surface area contributed by atoms with Crippen LogP contribution in [0.15, 0.2) is 36.4 Å². The van der Waals surface area contributed by atoms with Crippen molar-refractivity contribution >= 4 is 5.97 Å². The van der Waals surface area contributed by atoms with Crippen molar-refractivity contribution in [1.29, 1.82) is 0 Å². The first-order chi connectivity index (χ1) is 19.8. The van der Waals surface area contributed by atoms with Crippen LogP contribution in [-0.2, 0) is 20.7 Å². The Morgan fingerprint density at radius 2 is 1.51 bits per heavy atom. The Kier molecular flexibility index (Phi) is 9.32. The zero-order chi connectivity index (χ0) is 29.0. The Bertz CT molecular complexity index is 1180. The van der Waals surface area contributed by atoms with Gasteiger partial charge < -0.3 is 28.4 Å². The molecular formula is C34H46O7. The highest BCUT2D eigenvalue weighted by molar-refractivity contribution is 5.70. The number of hydrogen-bond acceptors (Lipinski definition) is 7. The van der Waals surface area contributed by atoms with Crippen molar-refractivity contribution in [2.75, 3.05) is 41.7 Å². The van der Waals surface area contributed by atoms with Crippen molar-refractivity contribution in [3.63, 3.8) is 0 Å². The fourth-order valence-electron chi connectivity index (χ4n) is 7.82. The molecule has 5 rings (SSSR count). The van der Waals surface area contributed by atoms with E-state index in [-0.39, 0.29) is 29.3 Å². The van der Waals surface area contributed by atoms with Gasteiger partial charge in [-0.25, -0.2) is 0 Å². The molecule has 2 bridgehead atoms. The lowest BCUT2D eigenvalue weighted by molar-refractivity contribution is -0.150. The smallest absolute Gasteiger partial charge is 0.306 e. The number of carbonyl (C=O) groups excluding carboxylic acids is 1. The third-order valence-corrected chi connectivity index (χ3v) is 9.63. The molecule has 2 aliphatic carbocycles. The quantitative estimate of drug-likeness (QED) is 0.277. The van der Waals surface area contributed by atoms with Gasteiger partial charge in [-0.1, -0.05) is 38.3 Å². The second kappa shape index (κ2) is 12.9. The Labute approximate surface area is 244 Å². The minimum absolute atomic E-state index is 0.0105. The molecule has 2 saturated carbocycles. The number of ether oxygens (including phenoxy) is 6. The molecule has 0 amide bonds. The first-order valence-corrected chi connectivity index (χ1v) is 15.0. The zero-order valence-electron chi connectivity index (χ0n) is 25.3. The predicted molar refractivity (Wildman–Crippen MR) is 157 cm³/mol. The van der Waals surface area contributed by atoms with Gasteiger partial charge in [0.2, 0.25) is 0 Å². The maximum atomic E-state index is 13.3. The highest BCUT2D eigenvalue weighted by atomic mass is 16.5. The molecule has 3 unspecified atom stereocenters. The summed E-state index contributed by atoms with van der Waals surface area (Å²) in [5.74, 6) is 4.32. The van der Waals surface area contributed by atoms with Gasteiger partial charge >= 0.3 is 5.97 Å². The average molecular weight is 567 g/mol. The summed E-state index contributed by atoms with van der Waals surface area (Å²) < 4.78 is 34.5. The molecule has 41 heavy (non-hydrogen) atoms. The molecule has 7 nitrogen and oxygen atoms in total. The van der Waals surface area contributed by atoms with E-state index in [0.29, 0.717) is 42.6 Å². The summed E-state index contributed by atoms with van der Waals surface area (Å²) in [5.41, 5.74) is 2.16. The van der Waals surface area contributed by atoms with E-state index >= 15 is 0 Å². The summed E-state index contributed by atoms with van der Waals surface area (Å²) in [7, 11) is 6.55. The van der Waals surface area contributed by atoms with Gasteiger partial charge in [0, 0.05) is 5.92 Å². The van der Waals surface area contributed by atoms with E-state index in [0.717, 1.165) is 42.2 Å². The van der Waals surface area contributed by atoms with Gasteiger partial charge in [-0.3, -0.25) is 4.79 Å². The molecule has 0 aromatic heterocycles. The minimum atomic E-state index is -0.225. The van der Waals surface area contributed by atoms with Crippen LogP contribution in [0.4, 0.5) is 0 Å². The summed E-state index contributed by atoms with van der Waals surface area (Å²) in [6.07, 6.45) is 8.63. The fraction of sp³-hybridized carbons (Fsp3) is 0.618. The number of methoxy groups -OCH3 is 4. The number of rotatable bonds is 11. The summed E-state index contributed by atoms with van der Waals surface area (Å²) in [6.45, 7) is 3.18. The van der Waals surface area contributed by atoms with Crippen LogP contribution in [0.25, 0.3) is 0 Å². The number of fused-ring (bicyclic) bond motifs is 2. The van der Waals surface area contributed by atoms with Gasteiger partial charge in [0.05, 0.1) is 54.2 Å². The van der Waals surface area contributed by atoms with Crippen molar-refractivity contribution in [2.45, 2.75) is 64.4 Å². The number of benzene rings is 2. The van der Waals surface area contributed by atoms with Crippen molar-refractivity contribution in [3.05, 3.63) is 47.5 Å². The molecule has 1 aliphatic heterocycles. The third-order valence-electron chi connectivity index (χ3n) is 9.63. The molecule has 1 heterocycles. The largest absolute Gasteiger partial charge is 0.493 e. The van der Waals surface area contributed by atoms with Crippen LogP contribution in [-0.4, -0.2) is 47.6 Å². The predicted octanol–water partition coefficient (Wildman–Crippen LogP) is 6.81. The number of hydrogen-bond donors (Lipinski definition) is 0. The first-order valence-electron chi connectivity index (χ1n) is 15.0. The average Bonchev–Trinajstić information content (AvgIpc) is 3.37. The third kappa shape index (κ3) is 6.77. The van der Waals surface area contributed by atoms with Crippen molar-refractivity contribution in [3.8, 4) is 23.0 Å². The van der Waals surface area contributed by atoms with E-state index in [4.69, 9.17) is 28.4 Å². The van der Waals surface area contributed by atoms with Crippen LogP contribution >= 0.6 is 0 Å². The zero-order valence-corrected chi connectivity index (χ0v) is 25.3. The number of carbonyl (C=O) groups is 1. The first kappa shape index (κ1) is 29.6. The SMILES string of the molecule is COc1ccc(C[C@H]2COC(c3ccc(OC)c(OC)c3)[C@H]2COC(=O)CC2(C)CC3CCCC(C3)C2)cc1OC. The van der Waals surface area contributed by atoms with Gasteiger partial charge in [0.1, 0.15) is 0 Å². The molecule has 3 fully saturated rings. The van der Waals surface area contributed by atoms with Crippen LogP contribution in [0.1, 0.15) is 69.1 Å². The highest BCUT2D eigenvalue weighted by Gasteiger charge is 2.42. The molecule has 7 heteroatoms. The van der Waals surface area contributed by atoms with Crippen LogP contribution in [0.2, 0.25) is 0 Å². The Hall–Kier alpha value is -2.93. The second-order valence-corrected chi connectivity index (χ2v) is 12.7. The van der Waals surface area contributed by atoms with Crippen molar-refractivity contribution in [1.82, 2.24) is 0 Å². The van der Waals surface area contributed by atoms with E-state index in [2.05, 4.69) is 13.0 Å². The maximum absolute atomic E-state index is 13.3. The monoisotopic (exact) mass is 566 g/mol. The van der Waals surface area contributed by atoms with Crippen LogP contribution in [0.5, 0.6) is 23.0 Å². The molecular weight excluding hydrogens is 520 g/mol. The Balaban J connectivity index is 1.32. The molecule has 0 N–H and O–H groups in total. The molecule has 0 spiro atoms. The summed E-state index contributed by atoms with van der Waals surface area (Å²) in [5, 5.41) is 0. The standard InChI is InChI=1S/C34H46O7/c1-34(17-23-7-6-8-24(13-23)18-34)19-32(35)40-21-27-26(14-22-9-11-28(36-2)30(15-22)38-4)20-41-33(27)25-10-12-29(37-3)31(16-25)39-5/h9-12,15-16,23-24,26-27,33H,6-8,13-14,17-21H2,1-5H3/t23?,24?,26-,27-,33?,34?/m0/s1. The van der Waals surface area contributed by atoms with E-state index in [1.54, 1.807) is 28.4 Å². The van der Waals surface area contributed by atoms with Gasteiger partial charge in [0.25, 0.3) is 0 Å². The summed E-state index contributed by atoms with van der Waals surface area (Å²) in [6, 6.07) is 11.9. The van der Waals surface area contributed by atoms with E-state index in [1.807, 2.05) is 30.3 Å². The molecule has 5 atom stereocenters. The van der Waals surface area contributed by atoms with Gasteiger partial charge in [-0.15, -0.1) is 0 Å². The molecule has 2 aromatic rings. The lowest BCUT2D eigenvalue weighted by atomic mass is 9.60. The van der Waals surface area contributed by atoms with Crippen LogP contribution < -0.4 is 18.9 Å². The lowest BCUT2D eigenvalue weighted by Gasteiger charge is -2.45. The molecule has 1 saturated heterocycles. The highest BCUT2D eigenvalue weighted by Crippen LogP contribution is 2.50. The van der Waals surface area contributed by atoms with E-state index < -0.39 is 0 Å². The molecule has 3 aliphatic rings. The lowest BCUT2D eigenvalue weighted by Crippen LogP contribution is -2.36. The minimum Gasteiger partial charge on any atom is -0.493 e. The normalized spacial score (nSPS) is 29.0. The topological polar surface area (TPSA) is 72.5 Å². The Morgan fingerprint density at radius 3 is 2.17 bits per heavy atom. The van der Waals surface area contributed by atoms with Gasteiger partial charge in [0.15, 0.2) is 23.0 Å². The van der Waals surface area contributed by atoms with Crippen molar-refractivity contribution in [2.24, 2.45) is 29.1 Å². The molecule has 2 aromatic carbocycles. The summed E-state index contributed by atoms with van der Waals surface area (Å²) >= 11 is 0. The van der Waals surface area contributed by atoms with Crippen molar-refractivity contribution < 1.29 is 33.2 Å².